The molecule has 0 bridgehead atoms. The Bertz CT molecular complexity index is 1730. The maximum absolute atomic E-state index is 13.5. The standard InChI is InChI=1S/C67H115N2O7P/c1-7-10-13-16-19-22-25-28-30-32-33-34-35-37-39-42-45-48-51-54-57-60-67(71)76-65(58-55-52-49-46-43-40-27-24-21-18-15-12-9-3)64(63-75-77(72,73)74-62-61-69(4,5)6)68-66(70)59-56-53-50-47-44-41-38-36-31-29-26-23-20-17-14-11-8-2/h11,14,19-20,22-23,28-31,33-34,37-39,41,47,50,55,58,64-65H,7-10,12-13,15-18,21,24-27,32,35-36,40,42-46,48-49,51-54,56-57,59-63H2,1-6H3,(H-,68,70,72,73)/p+1/b14-11-,22-19-,23-20-,30-28-,31-29-,34-33-,39-37-,41-38-,50-47-,58-55+. The zero-order valence-corrected chi connectivity index (χ0v) is 51.1. The van der Waals surface area contributed by atoms with Crippen molar-refractivity contribution in [1.82, 2.24) is 5.32 Å². The van der Waals surface area contributed by atoms with Crippen molar-refractivity contribution < 1.29 is 37.3 Å². The third kappa shape index (κ3) is 56.9. The summed E-state index contributed by atoms with van der Waals surface area (Å²) in [4.78, 5) is 37.7. The number of nitrogens with one attached hydrogen (secondary N) is 1. The van der Waals surface area contributed by atoms with Crippen molar-refractivity contribution in [2.24, 2.45) is 0 Å². The number of quaternary nitrogens is 1. The van der Waals surface area contributed by atoms with E-state index >= 15 is 0 Å². The molecule has 0 fully saturated rings. The van der Waals surface area contributed by atoms with Gasteiger partial charge in [-0.1, -0.05) is 233 Å². The minimum Gasteiger partial charge on any atom is -0.456 e. The van der Waals surface area contributed by atoms with Gasteiger partial charge in [-0.2, -0.15) is 0 Å². The molecule has 3 atom stereocenters. The summed E-state index contributed by atoms with van der Waals surface area (Å²) in [6.07, 6.45) is 77.7. The van der Waals surface area contributed by atoms with E-state index in [0.717, 1.165) is 109 Å². The van der Waals surface area contributed by atoms with Crippen LogP contribution in [0.4, 0.5) is 0 Å². The van der Waals surface area contributed by atoms with Gasteiger partial charge in [0.25, 0.3) is 0 Å². The first-order chi connectivity index (χ1) is 37.4. The molecule has 0 saturated heterocycles. The second-order valence-electron chi connectivity index (χ2n) is 21.5. The van der Waals surface area contributed by atoms with Crippen LogP contribution >= 0.6 is 7.82 Å². The van der Waals surface area contributed by atoms with Gasteiger partial charge in [-0.25, -0.2) is 4.57 Å². The lowest BCUT2D eigenvalue weighted by atomic mass is 10.0. The fourth-order valence-corrected chi connectivity index (χ4v) is 8.87. The Morgan fingerprint density at radius 2 is 0.844 bits per heavy atom. The molecule has 0 aromatic carbocycles. The molecule has 0 aliphatic rings. The van der Waals surface area contributed by atoms with Crippen molar-refractivity contribution in [1.29, 1.82) is 0 Å². The molecule has 0 aliphatic heterocycles. The van der Waals surface area contributed by atoms with Crippen LogP contribution in [0.25, 0.3) is 0 Å². The zero-order chi connectivity index (χ0) is 56.4. The topological polar surface area (TPSA) is 111 Å². The van der Waals surface area contributed by atoms with Crippen LogP contribution in [0, 0.1) is 0 Å². The molecule has 0 aliphatic carbocycles. The summed E-state index contributed by atoms with van der Waals surface area (Å²) < 4.78 is 30.6. The van der Waals surface area contributed by atoms with E-state index in [1.165, 1.54) is 83.5 Å². The van der Waals surface area contributed by atoms with Crippen LogP contribution in [0.2, 0.25) is 0 Å². The lowest BCUT2D eigenvalue weighted by Gasteiger charge is -2.27. The maximum Gasteiger partial charge on any atom is 0.472 e. The van der Waals surface area contributed by atoms with E-state index in [-0.39, 0.29) is 37.9 Å². The second-order valence-corrected chi connectivity index (χ2v) is 22.9. The van der Waals surface area contributed by atoms with E-state index in [1.807, 2.05) is 33.3 Å². The molecule has 0 saturated carbocycles. The van der Waals surface area contributed by atoms with Crippen LogP contribution in [0.5, 0.6) is 0 Å². The molecule has 1 amide bonds. The van der Waals surface area contributed by atoms with Crippen LogP contribution in [0.15, 0.2) is 122 Å². The van der Waals surface area contributed by atoms with Crippen LogP contribution < -0.4 is 5.32 Å². The minimum absolute atomic E-state index is 0.0198. The fourth-order valence-electron chi connectivity index (χ4n) is 8.13. The van der Waals surface area contributed by atoms with Crippen molar-refractivity contribution in [2.45, 2.75) is 251 Å². The highest BCUT2D eigenvalue weighted by Crippen LogP contribution is 2.43. The molecular weight excluding hydrogens is 976 g/mol. The highest BCUT2D eigenvalue weighted by molar-refractivity contribution is 7.47. The number of phosphoric ester groups is 1. The van der Waals surface area contributed by atoms with Crippen LogP contribution in [0.3, 0.4) is 0 Å². The van der Waals surface area contributed by atoms with Gasteiger partial charge in [-0.15, -0.1) is 0 Å². The Labute approximate surface area is 473 Å². The number of nitrogens with zero attached hydrogens (tertiary/aromatic N) is 1. The van der Waals surface area contributed by atoms with Gasteiger partial charge >= 0.3 is 13.8 Å². The smallest absolute Gasteiger partial charge is 0.456 e. The Kier molecular flexibility index (Phi) is 53.1. The van der Waals surface area contributed by atoms with E-state index < -0.39 is 20.0 Å². The van der Waals surface area contributed by atoms with Crippen molar-refractivity contribution in [2.75, 3.05) is 40.9 Å². The third-order valence-electron chi connectivity index (χ3n) is 12.9. The number of esters is 1. The SMILES string of the molecule is CC/C=C\C/C=C\C/C=C\C/C=C\C/C=C\CCCC(=O)NC(COP(=O)(O)OCC[N+](C)(C)C)C(/C=C/CCCCCCCCCCCCC)OC(=O)CCCCCCC/C=C\C/C=C\C/C=C\C/C=C\CCCCC. The summed E-state index contributed by atoms with van der Waals surface area (Å²) in [5, 5.41) is 3.01. The predicted molar refractivity (Wildman–Crippen MR) is 332 cm³/mol. The number of carbonyl (C=O) groups is 2. The molecule has 9 nitrogen and oxygen atoms in total. The van der Waals surface area contributed by atoms with Crippen LogP contribution in [-0.4, -0.2) is 74.3 Å². The molecule has 10 heteroatoms. The summed E-state index contributed by atoms with van der Waals surface area (Å²) in [6.45, 7) is 6.80. The highest BCUT2D eigenvalue weighted by atomic mass is 31.2. The Morgan fingerprint density at radius 1 is 0.468 bits per heavy atom. The summed E-state index contributed by atoms with van der Waals surface area (Å²) in [7, 11) is 1.43. The maximum atomic E-state index is 13.5. The van der Waals surface area contributed by atoms with E-state index in [1.54, 1.807) is 0 Å². The number of allylic oxidation sites excluding steroid dienone is 19. The molecule has 0 spiro atoms. The van der Waals surface area contributed by atoms with Gasteiger partial charge in [-0.3, -0.25) is 18.6 Å². The van der Waals surface area contributed by atoms with Crippen molar-refractivity contribution >= 4 is 19.7 Å². The molecule has 2 N–H and O–H groups in total. The summed E-state index contributed by atoms with van der Waals surface area (Å²) in [5.74, 6) is -0.602. The van der Waals surface area contributed by atoms with Crippen LogP contribution in [-0.2, 0) is 27.9 Å². The number of unbranched alkanes of at least 4 members (excludes halogenated alkanes) is 20. The summed E-state index contributed by atoms with van der Waals surface area (Å²) >= 11 is 0. The second kappa shape index (κ2) is 55.7. The first kappa shape index (κ1) is 73.4. The number of amides is 1. The number of rotatable bonds is 54. The quantitative estimate of drug-likeness (QED) is 0.0205. The van der Waals surface area contributed by atoms with Gasteiger partial charge in [0, 0.05) is 12.8 Å². The van der Waals surface area contributed by atoms with Gasteiger partial charge in [0.15, 0.2) is 0 Å². The molecule has 77 heavy (non-hydrogen) atoms. The fraction of sp³-hybridized carbons (Fsp3) is 0.672. The van der Waals surface area contributed by atoms with Crippen LogP contribution in [0.1, 0.15) is 239 Å². The number of phosphoric acid groups is 1. The highest BCUT2D eigenvalue weighted by Gasteiger charge is 2.30. The monoisotopic (exact) mass is 1090 g/mol. The van der Waals surface area contributed by atoms with Gasteiger partial charge in [-0.05, 0) is 115 Å². The normalized spacial score (nSPS) is 14.5. The number of hydrogen-bond donors (Lipinski definition) is 2. The molecule has 0 radical (unpaired) electrons. The minimum atomic E-state index is -4.48. The van der Waals surface area contributed by atoms with Crippen molar-refractivity contribution in [3.63, 3.8) is 0 Å². The van der Waals surface area contributed by atoms with Gasteiger partial charge in [0.2, 0.25) is 5.91 Å². The molecular formula is C67H116N2O7P+. The average Bonchev–Trinajstić information content (AvgIpc) is 3.39. The van der Waals surface area contributed by atoms with Gasteiger partial charge in [0.05, 0.1) is 33.8 Å². The molecule has 3 unspecified atom stereocenters. The summed E-state index contributed by atoms with van der Waals surface area (Å²) in [5.41, 5.74) is 0. The van der Waals surface area contributed by atoms with E-state index in [0.29, 0.717) is 23.9 Å². The van der Waals surface area contributed by atoms with E-state index in [9.17, 15) is 19.0 Å². The Morgan fingerprint density at radius 3 is 1.30 bits per heavy atom. The molecule has 0 aromatic heterocycles. The van der Waals surface area contributed by atoms with Crippen molar-refractivity contribution in [3.8, 4) is 0 Å². The average molecular weight is 1090 g/mol. The van der Waals surface area contributed by atoms with E-state index in [4.69, 9.17) is 13.8 Å². The lowest BCUT2D eigenvalue weighted by Crippen LogP contribution is -2.47. The largest absolute Gasteiger partial charge is 0.472 e. The molecule has 0 rings (SSSR count). The number of hydrogen-bond acceptors (Lipinski definition) is 6. The third-order valence-corrected chi connectivity index (χ3v) is 13.9. The van der Waals surface area contributed by atoms with E-state index in [2.05, 4.69) is 135 Å². The van der Waals surface area contributed by atoms with Gasteiger partial charge in [0.1, 0.15) is 19.3 Å². The zero-order valence-electron chi connectivity index (χ0n) is 50.2. The summed E-state index contributed by atoms with van der Waals surface area (Å²) in [6, 6.07) is -0.894. The first-order valence-corrected chi connectivity index (χ1v) is 32.4. The Balaban J connectivity index is 5.43. The molecule has 0 aromatic rings. The number of ether oxygens (including phenoxy) is 1. The first-order valence-electron chi connectivity index (χ1n) is 30.9. The van der Waals surface area contributed by atoms with Gasteiger partial charge < -0.3 is 19.4 Å². The number of carbonyl (C=O) groups excluding carboxylic acids is 2. The number of likely N-dealkylation sites (N-methyl/N-ethyl adjacent to an activating group) is 1. The van der Waals surface area contributed by atoms with Crippen molar-refractivity contribution in [3.05, 3.63) is 122 Å². The molecule has 440 valence electrons. The predicted octanol–water partition coefficient (Wildman–Crippen LogP) is 19.1. The lowest BCUT2D eigenvalue weighted by molar-refractivity contribution is -0.870. The Hall–Kier alpha value is -3.59. The molecule has 0 heterocycles.